The molecule has 24 heavy (non-hydrogen) atoms. The van der Waals surface area contributed by atoms with Crippen molar-refractivity contribution in [1.29, 1.82) is 0 Å². The molecule has 0 saturated carbocycles. The Morgan fingerprint density at radius 1 is 0.625 bits per heavy atom. The van der Waals surface area contributed by atoms with Gasteiger partial charge in [-0.2, -0.15) is 0 Å². The highest BCUT2D eigenvalue weighted by Gasteiger charge is 2.36. The van der Waals surface area contributed by atoms with Crippen molar-refractivity contribution in [3.63, 3.8) is 0 Å². The Bertz CT molecular complexity index is 897. The van der Waals surface area contributed by atoms with E-state index in [1.807, 2.05) is 48.5 Å². The zero-order valence-corrected chi connectivity index (χ0v) is 12.5. The molecule has 2 amide bonds. The number of fused-ring (bicyclic) bond motifs is 6. The van der Waals surface area contributed by atoms with Gasteiger partial charge in [0.25, 0.3) is 11.8 Å². The van der Waals surface area contributed by atoms with Crippen molar-refractivity contribution in [2.75, 3.05) is 20.4 Å². The first-order valence-corrected chi connectivity index (χ1v) is 7.55. The second kappa shape index (κ2) is 4.48. The average Bonchev–Trinajstić information content (AvgIpc) is 2.61. The molecule has 6 nitrogen and oxygen atoms in total. The summed E-state index contributed by atoms with van der Waals surface area (Å²) in [6, 6.07) is 15.0. The molecule has 0 fully saturated rings. The minimum absolute atomic E-state index is 0.201. The van der Waals surface area contributed by atoms with Gasteiger partial charge in [-0.05, 0) is 24.3 Å². The lowest BCUT2D eigenvalue weighted by molar-refractivity contribution is -0.114. The van der Waals surface area contributed by atoms with E-state index in [9.17, 15) is 9.59 Å². The summed E-state index contributed by atoms with van der Waals surface area (Å²) in [5, 5.41) is 5.77. The summed E-state index contributed by atoms with van der Waals surface area (Å²) in [7, 11) is 0. The van der Waals surface area contributed by atoms with Gasteiger partial charge in [0, 0.05) is 12.4 Å². The number of nitrogens with zero attached hydrogens (tertiary/aromatic N) is 2. The van der Waals surface area contributed by atoms with Crippen LogP contribution in [0.5, 0.6) is 0 Å². The second-order valence-electron chi connectivity index (χ2n) is 5.71. The van der Waals surface area contributed by atoms with Gasteiger partial charge in [0.2, 0.25) is 0 Å². The molecule has 0 aliphatic carbocycles. The van der Waals surface area contributed by atoms with Crippen molar-refractivity contribution >= 4 is 34.6 Å². The van der Waals surface area contributed by atoms with Gasteiger partial charge in [0.1, 0.15) is 11.4 Å². The molecular formula is C18H12N4O2. The van der Waals surface area contributed by atoms with Crippen molar-refractivity contribution in [1.82, 2.24) is 0 Å². The van der Waals surface area contributed by atoms with E-state index >= 15 is 0 Å². The van der Waals surface area contributed by atoms with Gasteiger partial charge in [-0.1, -0.05) is 24.3 Å². The SMILES string of the molecule is O=C1Nc2ccccc2N2C=C3C(=O)Nc4ccccc4N3C=C12. The monoisotopic (exact) mass is 316 g/mol. The summed E-state index contributed by atoms with van der Waals surface area (Å²) >= 11 is 0. The number of para-hydroxylation sites is 4. The Morgan fingerprint density at radius 2 is 1.04 bits per heavy atom. The Balaban J connectivity index is 1.72. The Hall–Kier alpha value is -3.54. The molecule has 0 unspecified atom stereocenters. The normalized spacial score (nSPS) is 17.5. The summed E-state index contributed by atoms with van der Waals surface area (Å²) in [5.41, 5.74) is 4.07. The lowest BCUT2D eigenvalue weighted by Crippen LogP contribution is -2.42. The highest BCUT2D eigenvalue weighted by Crippen LogP contribution is 2.41. The molecule has 2 N–H and O–H groups in total. The molecule has 5 rings (SSSR count). The summed E-state index contributed by atoms with van der Waals surface area (Å²) in [5.74, 6) is -0.403. The summed E-state index contributed by atoms with van der Waals surface area (Å²) < 4.78 is 0. The van der Waals surface area contributed by atoms with Gasteiger partial charge in [-0.3, -0.25) is 9.59 Å². The van der Waals surface area contributed by atoms with Crippen LogP contribution in [0.25, 0.3) is 0 Å². The van der Waals surface area contributed by atoms with Crippen molar-refractivity contribution < 1.29 is 9.59 Å². The molecule has 0 radical (unpaired) electrons. The summed E-state index contributed by atoms with van der Waals surface area (Å²) in [6.45, 7) is 0. The van der Waals surface area contributed by atoms with Crippen LogP contribution in [-0.2, 0) is 9.59 Å². The first-order chi connectivity index (χ1) is 11.7. The van der Waals surface area contributed by atoms with Crippen LogP contribution >= 0.6 is 0 Å². The highest BCUT2D eigenvalue weighted by atomic mass is 16.2. The maximum absolute atomic E-state index is 12.5. The maximum Gasteiger partial charge on any atom is 0.274 e. The third-order valence-corrected chi connectivity index (χ3v) is 4.31. The zero-order valence-electron chi connectivity index (χ0n) is 12.5. The maximum atomic E-state index is 12.5. The van der Waals surface area contributed by atoms with Crippen LogP contribution in [0.1, 0.15) is 0 Å². The number of benzene rings is 2. The fourth-order valence-electron chi connectivity index (χ4n) is 3.19. The minimum Gasteiger partial charge on any atom is -0.319 e. The second-order valence-corrected chi connectivity index (χ2v) is 5.71. The number of amides is 2. The molecular weight excluding hydrogens is 304 g/mol. The van der Waals surface area contributed by atoms with Crippen LogP contribution in [0.2, 0.25) is 0 Å². The van der Waals surface area contributed by atoms with E-state index in [0.717, 1.165) is 22.7 Å². The Morgan fingerprint density at radius 3 is 1.50 bits per heavy atom. The van der Waals surface area contributed by atoms with E-state index in [1.54, 1.807) is 22.2 Å². The average molecular weight is 316 g/mol. The third kappa shape index (κ3) is 1.65. The van der Waals surface area contributed by atoms with Crippen molar-refractivity contribution in [2.45, 2.75) is 0 Å². The smallest absolute Gasteiger partial charge is 0.274 e. The minimum atomic E-state index is -0.201. The van der Waals surface area contributed by atoms with E-state index in [0.29, 0.717) is 11.4 Å². The van der Waals surface area contributed by atoms with Crippen LogP contribution in [0.3, 0.4) is 0 Å². The van der Waals surface area contributed by atoms with Crippen LogP contribution in [0, 0.1) is 0 Å². The van der Waals surface area contributed by atoms with Gasteiger partial charge in [-0.25, -0.2) is 0 Å². The molecule has 0 spiro atoms. The first-order valence-electron chi connectivity index (χ1n) is 7.55. The summed E-state index contributed by atoms with van der Waals surface area (Å²) in [4.78, 5) is 28.5. The molecule has 0 aromatic heterocycles. The number of rotatable bonds is 0. The molecule has 3 aliphatic rings. The Kier molecular flexibility index (Phi) is 2.42. The van der Waals surface area contributed by atoms with Crippen LogP contribution in [-0.4, -0.2) is 11.8 Å². The number of carbonyl (C=O) groups excluding carboxylic acids is 2. The van der Waals surface area contributed by atoms with E-state index < -0.39 is 0 Å². The van der Waals surface area contributed by atoms with Gasteiger partial charge < -0.3 is 20.4 Å². The van der Waals surface area contributed by atoms with Crippen molar-refractivity contribution in [3.8, 4) is 0 Å². The van der Waals surface area contributed by atoms with Crippen LogP contribution < -0.4 is 20.4 Å². The standard InChI is InChI=1S/C18H12N4O2/c23-17-15-10-22-14-8-4-2-6-12(14)20-18(24)16(22)9-21(15)13-7-3-1-5-11(13)19-17/h1-10H,(H,19,23)(H,20,24). The fraction of sp³-hybridized carbons (Fsp3) is 0. The highest BCUT2D eigenvalue weighted by molar-refractivity contribution is 6.17. The van der Waals surface area contributed by atoms with Gasteiger partial charge in [0.05, 0.1) is 22.7 Å². The van der Waals surface area contributed by atoms with E-state index in [-0.39, 0.29) is 11.8 Å². The first kappa shape index (κ1) is 13.0. The molecule has 6 heteroatoms. The number of hydrogen-bond donors (Lipinski definition) is 2. The van der Waals surface area contributed by atoms with E-state index in [2.05, 4.69) is 10.6 Å². The lowest BCUT2D eigenvalue weighted by atomic mass is 10.1. The fourth-order valence-corrected chi connectivity index (χ4v) is 3.19. The van der Waals surface area contributed by atoms with Crippen LogP contribution in [0.15, 0.2) is 72.3 Å². The molecule has 0 saturated heterocycles. The zero-order chi connectivity index (χ0) is 16.3. The molecule has 3 heterocycles. The quantitative estimate of drug-likeness (QED) is 0.784. The third-order valence-electron chi connectivity index (χ3n) is 4.31. The molecule has 0 atom stereocenters. The largest absolute Gasteiger partial charge is 0.319 e. The molecule has 2 aromatic carbocycles. The van der Waals surface area contributed by atoms with Crippen molar-refractivity contribution in [3.05, 3.63) is 72.3 Å². The van der Waals surface area contributed by atoms with Crippen LogP contribution in [0.4, 0.5) is 22.7 Å². The predicted octanol–water partition coefficient (Wildman–Crippen LogP) is 2.60. The van der Waals surface area contributed by atoms with Gasteiger partial charge in [-0.15, -0.1) is 0 Å². The number of hydrogen-bond acceptors (Lipinski definition) is 4. The van der Waals surface area contributed by atoms with Gasteiger partial charge in [0.15, 0.2) is 0 Å². The van der Waals surface area contributed by atoms with Gasteiger partial charge >= 0.3 is 0 Å². The predicted molar refractivity (Wildman–Crippen MR) is 91.3 cm³/mol. The number of carbonyl (C=O) groups is 2. The molecule has 116 valence electrons. The molecule has 2 aromatic rings. The number of nitrogens with one attached hydrogen (secondary N) is 2. The van der Waals surface area contributed by atoms with Crippen molar-refractivity contribution in [2.24, 2.45) is 0 Å². The summed E-state index contributed by atoms with van der Waals surface area (Å²) in [6.07, 6.45) is 3.41. The molecule has 3 aliphatic heterocycles. The van der Waals surface area contributed by atoms with E-state index in [1.165, 1.54) is 0 Å². The Labute approximate surface area is 137 Å². The lowest BCUT2D eigenvalue weighted by Gasteiger charge is -2.39. The molecule has 0 bridgehead atoms. The van der Waals surface area contributed by atoms with E-state index in [4.69, 9.17) is 0 Å². The topological polar surface area (TPSA) is 64.7 Å². The number of anilines is 4.